The number of aromatic nitrogens is 4. The molecule has 2 N–H and O–H groups in total. The van der Waals surface area contributed by atoms with Gasteiger partial charge in [-0.25, -0.2) is 23.4 Å². The molecule has 28 heavy (non-hydrogen) atoms. The van der Waals surface area contributed by atoms with Crippen molar-refractivity contribution in [3.63, 3.8) is 0 Å². The molecular formula is C17H13ClN6O2S2. The van der Waals surface area contributed by atoms with E-state index in [1.54, 1.807) is 59.7 Å². The zero-order chi connectivity index (χ0) is 19.6. The number of imidazole rings is 1. The summed E-state index contributed by atoms with van der Waals surface area (Å²) in [5.74, 6) is 1.27. The third kappa shape index (κ3) is 4.14. The Morgan fingerprint density at radius 2 is 1.82 bits per heavy atom. The van der Waals surface area contributed by atoms with E-state index in [1.807, 2.05) is 0 Å². The van der Waals surface area contributed by atoms with Gasteiger partial charge < -0.3 is 5.32 Å². The molecule has 142 valence electrons. The summed E-state index contributed by atoms with van der Waals surface area (Å²) < 4.78 is 29.6. The minimum absolute atomic E-state index is 0.160. The Kier molecular flexibility index (Phi) is 4.99. The number of sulfonamides is 1. The predicted molar refractivity (Wildman–Crippen MR) is 109 cm³/mol. The molecule has 11 heteroatoms. The first-order chi connectivity index (χ1) is 13.5. The fraction of sp³-hybridized carbons (Fsp3) is 0. The maximum atomic E-state index is 12.3. The molecule has 0 amide bonds. The maximum Gasteiger partial charge on any atom is 0.271 e. The molecule has 3 heterocycles. The zero-order valence-corrected chi connectivity index (χ0v) is 16.5. The zero-order valence-electron chi connectivity index (χ0n) is 14.2. The van der Waals surface area contributed by atoms with Crippen LogP contribution in [0.2, 0.25) is 4.34 Å². The maximum absolute atomic E-state index is 12.3. The fourth-order valence-electron chi connectivity index (χ4n) is 2.37. The molecule has 1 aromatic carbocycles. The summed E-state index contributed by atoms with van der Waals surface area (Å²) in [6.45, 7) is 0. The van der Waals surface area contributed by atoms with Crippen LogP contribution in [-0.4, -0.2) is 27.9 Å². The predicted octanol–water partition coefficient (Wildman–Crippen LogP) is 3.92. The monoisotopic (exact) mass is 432 g/mol. The van der Waals surface area contributed by atoms with Gasteiger partial charge in [0.2, 0.25) is 0 Å². The number of nitrogens with one attached hydrogen (secondary N) is 2. The molecule has 0 aliphatic heterocycles. The van der Waals surface area contributed by atoms with Crippen molar-refractivity contribution in [1.82, 2.24) is 19.5 Å². The van der Waals surface area contributed by atoms with Gasteiger partial charge in [0.25, 0.3) is 10.0 Å². The van der Waals surface area contributed by atoms with Crippen LogP contribution in [0.15, 0.2) is 71.7 Å². The minimum atomic E-state index is -3.66. The van der Waals surface area contributed by atoms with Gasteiger partial charge in [-0.1, -0.05) is 11.6 Å². The Labute approximate surface area is 169 Å². The summed E-state index contributed by atoms with van der Waals surface area (Å²) in [6.07, 6.45) is 6.55. The van der Waals surface area contributed by atoms with E-state index in [0.717, 1.165) is 17.0 Å². The lowest BCUT2D eigenvalue weighted by atomic mass is 10.3. The van der Waals surface area contributed by atoms with Gasteiger partial charge in [0.1, 0.15) is 28.5 Å². The number of halogens is 1. The second-order valence-electron chi connectivity index (χ2n) is 5.60. The lowest BCUT2D eigenvalue weighted by Crippen LogP contribution is -2.11. The first kappa shape index (κ1) is 18.4. The van der Waals surface area contributed by atoms with Crippen molar-refractivity contribution in [2.75, 3.05) is 10.0 Å². The summed E-state index contributed by atoms with van der Waals surface area (Å²) in [6, 6.07) is 11.6. The largest absolute Gasteiger partial charge is 0.340 e. The van der Waals surface area contributed by atoms with Crippen LogP contribution in [0.1, 0.15) is 0 Å². The number of benzene rings is 1. The van der Waals surface area contributed by atoms with E-state index in [2.05, 4.69) is 25.0 Å². The molecular weight excluding hydrogens is 420 g/mol. The van der Waals surface area contributed by atoms with Crippen molar-refractivity contribution in [2.45, 2.75) is 4.21 Å². The first-order valence-corrected chi connectivity index (χ1v) is 10.6. The quantitative estimate of drug-likeness (QED) is 0.478. The van der Waals surface area contributed by atoms with Crippen LogP contribution in [0.4, 0.5) is 17.2 Å². The molecule has 0 bridgehead atoms. The smallest absolute Gasteiger partial charge is 0.271 e. The number of thiophene rings is 1. The van der Waals surface area contributed by atoms with Crippen molar-refractivity contribution in [3.05, 3.63) is 71.8 Å². The van der Waals surface area contributed by atoms with E-state index in [9.17, 15) is 8.42 Å². The summed E-state index contributed by atoms with van der Waals surface area (Å²) in [5, 5.41) is 3.15. The van der Waals surface area contributed by atoms with Gasteiger partial charge in [0.15, 0.2) is 0 Å². The van der Waals surface area contributed by atoms with Crippen LogP contribution < -0.4 is 10.0 Å². The van der Waals surface area contributed by atoms with E-state index < -0.39 is 10.0 Å². The van der Waals surface area contributed by atoms with Gasteiger partial charge in [-0.15, -0.1) is 11.3 Å². The molecule has 0 aliphatic rings. The summed E-state index contributed by atoms with van der Waals surface area (Å²) in [5.41, 5.74) is 1.19. The highest BCUT2D eigenvalue weighted by Gasteiger charge is 2.16. The average molecular weight is 433 g/mol. The second-order valence-corrected chi connectivity index (χ2v) is 9.22. The third-order valence-corrected chi connectivity index (χ3v) is 6.75. The van der Waals surface area contributed by atoms with Crippen molar-refractivity contribution in [1.29, 1.82) is 0 Å². The molecule has 8 nitrogen and oxygen atoms in total. The van der Waals surface area contributed by atoms with Gasteiger partial charge in [0, 0.05) is 29.8 Å². The van der Waals surface area contributed by atoms with Crippen molar-refractivity contribution >= 4 is 50.2 Å². The summed E-state index contributed by atoms with van der Waals surface area (Å²) >= 11 is 6.81. The van der Waals surface area contributed by atoms with E-state index in [1.165, 1.54) is 12.4 Å². The van der Waals surface area contributed by atoms with Gasteiger partial charge >= 0.3 is 0 Å². The molecule has 0 aliphatic carbocycles. The van der Waals surface area contributed by atoms with E-state index in [-0.39, 0.29) is 4.21 Å². The topological polar surface area (TPSA) is 102 Å². The molecule has 0 atom stereocenters. The van der Waals surface area contributed by atoms with Gasteiger partial charge in [-0.2, -0.15) is 0 Å². The number of rotatable bonds is 6. The van der Waals surface area contributed by atoms with Crippen molar-refractivity contribution in [3.8, 4) is 5.82 Å². The highest BCUT2D eigenvalue weighted by molar-refractivity contribution is 7.94. The van der Waals surface area contributed by atoms with Crippen LogP contribution in [-0.2, 0) is 10.0 Å². The standard InChI is InChI=1S/C17H13ClN6O2S2/c18-14-5-6-17(27-14)28(25,26)23-13-3-1-12(2-4-13)22-15-9-16(21-10-20-15)24-8-7-19-11-24/h1-11,23H,(H,20,21,22). The Hall–Kier alpha value is -2.95. The molecule has 0 spiro atoms. The van der Waals surface area contributed by atoms with E-state index >= 15 is 0 Å². The molecule has 0 unspecified atom stereocenters. The third-order valence-electron chi connectivity index (χ3n) is 3.64. The van der Waals surface area contributed by atoms with Crippen LogP contribution in [0.25, 0.3) is 5.82 Å². The summed E-state index contributed by atoms with van der Waals surface area (Å²) in [7, 11) is -3.66. The number of hydrogen-bond acceptors (Lipinski definition) is 7. The fourth-order valence-corrected chi connectivity index (χ4v) is 4.91. The molecule has 0 saturated heterocycles. The molecule has 0 radical (unpaired) electrons. The number of nitrogens with zero attached hydrogens (tertiary/aromatic N) is 4. The van der Waals surface area contributed by atoms with E-state index in [0.29, 0.717) is 21.7 Å². The number of hydrogen-bond donors (Lipinski definition) is 2. The first-order valence-electron chi connectivity index (χ1n) is 7.95. The van der Waals surface area contributed by atoms with E-state index in [4.69, 9.17) is 11.6 Å². The van der Waals surface area contributed by atoms with Crippen molar-refractivity contribution in [2.24, 2.45) is 0 Å². The van der Waals surface area contributed by atoms with Crippen molar-refractivity contribution < 1.29 is 8.42 Å². The highest BCUT2D eigenvalue weighted by Crippen LogP contribution is 2.27. The summed E-state index contributed by atoms with van der Waals surface area (Å²) in [4.78, 5) is 12.4. The highest BCUT2D eigenvalue weighted by atomic mass is 35.5. The lowest BCUT2D eigenvalue weighted by Gasteiger charge is -2.09. The normalized spacial score (nSPS) is 11.3. The SMILES string of the molecule is O=S(=O)(Nc1ccc(Nc2cc(-n3ccnc3)ncn2)cc1)c1ccc(Cl)s1. The van der Waals surface area contributed by atoms with Gasteiger partial charge in [-0.05, 0) is 36.4 Å². The van der Waals surface area contributed by atoms with Gasteiger partial charge in [0.05, 0.1) is 4.34 Å². The molecule has 0 fully saturated rings. The Morgan fingerprint density at radius 1 is 1.04 bits per heavy atom. The molecule has 4 rings (SSSR count). The molecule has 3 aromatic heterocycles. The minimum Gasteiger partial charge on any atom is -0.340 e. The second kappa shape index (κ2) is 7.58. The Bertz CT molecular complexity index is 1190. The molecule has 0 saturated carbocycles. The van der Waals surface area contributed by atoms with Crippen LogP contribution in [0.5, 0.6) is 0 Å². The molecule has 4 aromatic rings. The lowest BCUT2D eigenvalue weighted by molar-refractivity contribution is 0.603. The van der Waals surface area contributed by atoms with Crippen LogP contribution >= 0.6 is 22.9 Å². The van der Waals surface area contributed by atoms with Crippen LogP contribution in [0.3, 0.4) is 0 Å². The average Bonchev–Trinajstić information content (AvgIpc) is 3.35. The van der Waals surface area contributed by atoms with Crippen LogP contribution in [0, 0.1) is 0 Å². The Morgan fingerprint density at radius 3 is 2.50 bits per heavy atom. The van der Waals surface area contributed by atoms with Gasteiger partial charge in [-0.3, -0.25) is 9.29 Å². The number of anilines is 3. The Balaban J connectivity index is 1.47.